The average Bonchev–Trinajstić information content (AvgIpc) is 2.47. The van der Waals surface area contributed by atoms with Crippen molar-refractivity contribution in [3.8, 4) is 0 Å². The van der Waals surface area contributed by atoms with Gasteiger partial charge in [0.15, 0.2) is 0 Å². The van der Waals surface area contributed by atoms with E-state index >= 15 is 0 Å². The number of anilines is 1. The summed E-state index contributed by atoms with van der Waals surface area (Å²) in [6, 6.07) is 11.0. The van der Waals surface area contributed by atoms with E-state index < -0.39 is 6.10 Å². The highest BCUT2D eigenvalue weighted by molar-refractivity contribution is 5.45. The number of aliphatic hydroxyl groups excluding tert-OH is 1. The lowest BCUT2D eigenvalue weighted by molar-refractivity contribution is 0.169. The Morgan fingerprint density at radius 3 is 2.57 bits per heavy atom. The second kappa shape index (κ2) is 6.68. The molecule has 0 saturated heterocycles. The molecule has 0 heterocycles. The largest absolute Gasteiger partial charge is 0.388 e. The van der Waals surface area contributed by atoms with Crippen molar-refractivity contribution in [3.63, 3.8) is 0 Å². The normalized spacial score (nSPS) is 12.2. The van der Waals surface area contributed by atoms with Gasteiger partial charge in [-0.1, -0.05) is 18.2 Å². The van der Waals surface area contributed by atoms with Crippen LogP contribution in [-0.2, 0) is 0 Å². The molecular formula is C17H19F2NO. The Bertz CT molecular complexity index is 615. The zero-order valence-corrected chi connectivity index (χ0v) is 12.2. The Balaban J connectivity index is 1.97. The second-order valence-electron chi connectivity index (χ2n) is 5.21. The van der Waals surface area contributed by atoms with Crippen molar-refractivity contribution in [2.75, 3.05) is 18.5 Å². The van der Waals surface area contributed by atoms with E-state index in [9.17, 15) is 13.9 Å². The first-order valence-electron chi connectivity index (χ1n) is 6.88. The van der Waals surface area contributed by atoms with E-state index in [-0.39, 0.29) is 11.6 Å². The molecule has 0 fully saturated rings. The minimum absolute atomic E-state index is 0.291. The third-order valence-electron chi connectivity index (χ3n) is 3.57. The molecule has 1 unspecified atom stereocenters. The average molecular weight is 291 g/mol. The fourth-order valence-electron chi connectivity index (χ4n) is 2.14. The summed E-state index contributed by atoms with van der Waals surface area (Å²) in [6.45, 7) is 2.23. The number of nitrogens with zero attached hydrogens (tertiary/aromatic N) is 1. The lowest BCUT2D eigenvalue weighted by atomic mass is 10.0. The maximum absolute atomic E-state index is 13.5. The van der Waals surface area contributed by atoms with Crippen LogP contribution in [0.3, 0.4) is 0 Å². The first-order valence-corrected chi connectivity index (χ1v) is 6.88. The fraction of sp³-hybridized carbons (Fsp3) is 0.294. The Kier molecular flexibility index (Phi) is 4.91. The van der Waals surface area contributed by atoms with E-state index in [2.05, 4.69) is 0 Å². The van der Waals surface area contributed by atoms with Crippen LogP contribution in [0.1, 0.15) is 23.7 Å². The van der Waals surface area contributed by atoms with Crippen LogP contribution in [0.4, 0.5) is 14.5 Å². The van der Waals surface area contributed by atoms with Crippen molar-refractivity contribution in [2.24, 2.45) is 0 Å². The number of benzene rings is 2. The Hall–Kier alpha value is -1.94. The van der Waals surface area contributed by atoms with Crippen molar-refractivity contribution >= 4 is 5.69 Å². The zero-order valence-electron chi connectivity index (χ0n) is 12.2. The topological polar surface area (TPSA) is 23.5 Å². The van der Waals surface area contributed by atoms with E-state index in [1.807, 2.05) is 11.9 Å². The van der Waals surface area contributed by atoms with E-state index in [1.165, 1.54) is 18.2 Å². The number of rotatable bonds is 5. The fourth-order valence-corrected chi connectivity index (χ4v) is 2.14. The summed E-state index contributed by atoms with van der Waals surface area (Å²) in [4.78, 5) is 1.86. The van der Waals surface area contributed by atoms with Gasteiger partial charge in [-0.05, 0) is 48.7 Å². The van der Waals surface area contributed by atoms with E-state index in [0.717, 1.165) is 5.69 Å². The molecule has 1 atom stereocenters. The molecule has 2 aromatic carbocycles. The Morgan fingerprint density at radius 1 is 1.14 bits per heavy atom. The van der Waals surface area contributed by atoms with Gasteiger partial charge in [0, 0.05) is 19.3 Å². The minimum Gasteiger partial charge on any atom is -0.388 e. The minimum atomic E-state index is -0.740. The van der Waals surface area contributed by atoms with Crippen molar-refractivity contribution in [1.82, 2.24) is 0 Å². The van der Waals surface area contributed by atoms with Crippen LogP contribution in [0.25, 0.3) is 0 Å². The van der Waals surface area contributed by atoms with Crippen LogP contribution in [0.5, 0.6) is 0 Å². The standard InChI is InChI=1S/C17H19F2NO/c1-12-6-7-13(10-16(12)19)17(21)8-9-20(2)15-5-3-4-14(18)11-15/h3-7,10-11,17,21H,8-9H2,1-2H3. The van der Waals surface area contributed by atoms with Crippen LogP contribution in [0.15, 0.2) is 42.5 Å². The Morgan fingerprint density at radius 2 is 1.90 bits per heavy atom. The van der Waals surface area contributed by atoms with Crippen LogP contribution in [0, 0.1) is 18.6 Å². The molecule has 2 rings (SSSR count). The Labute approximate surface area is 123 Å². The van der Waals surface area contributed by atoms with Crippen LogP contribution < -0.4 is 4.90 Å². The summed E-state index contributed by atoms with van der Waals surface area (Å²) in [7, 11) is 1.83. The van der Waals surface area contributed by atoms with Crippen LogP contribution in [0.2, 0.25) is 0 Å². The summed E-state index contributed by atoms with van der Waals surface area (Å²) < 4.78 is 26.6. The molecule has 1 N–H and O–H groups in total. The van der Waals surface area contributed by atoms with Gasteiger partial charge in [-0.3, -0.25) is 0 Å². The SMILES string of the molecule is Cc1ccc(C(O)CCN(C)c2cccc(F)c2)cc1F. The molecule has 0 aromatic heterocycles. The summed E-state index contributed by atoms with van der Waals surface area (Å²) in [5.74, 6) is -0.606. The number of halogens is 2. The molecule has 0 spiro atoms. The summed E-state index contributed by atoms with van der Waals surface area (Å²) in [5.41, 5.74) is 1.87. The van der Waals surface area contributed by atoms with Crippen LogP contribution >= 0.6 is 0 Å². The van der Waals surface area contributed by atoms with Gasteiger partial charge < -0.3 is 10.0 Å². The molecule has 2 aromatic rings. The van der Waals surface area contributed by atoms with Crippen molar-refractivity contribution in [3.05, 3.63) is 65.2 Å². The number of aryl methyl sites for hydroxylation is 1. The third kappa shape index (κ3) is 4.02. The summed E-state index contributed by atoms with van der Waals surface area (Å²) in [6.07, 6.45) is -0.300. The first kappa shape index (κ1) is 15.4. The van der Waals surface area contributed by atoms with E-state index in [1.54, 1.807) is 31.2 Å². The first-order chi connectivity index (χ1) is 9.97. The molecule has 0 aliphatic carbocycles. The molecular weight excluding hydrogens is 272 g/mol. The predicted molar refractivity (Wildman–Crippen MR) is 80.4 cm³/mol. The number of hydrogen-bond acceptors (Lipinski definition) is 2. The zero-order chi connectivity index (χ0) is 15.4. The smallest absolute Gasteiger partial charge is 0.126 e. The second-order valence-corrected chi connectivity index (χ2v) is 5.21. The summed E-state index contributed by atoms with van der Waals surface area (Å²) >= 11 is 0. The molecule has 0 saturated carbocycles. The molecule has 21 heavy (non-hydrogen) atoms. The molecule has 0 bridgehead atoms. The van der Waals surface area contributed by atoms with Crippen molar-refractivity contribution in [2.45, 2.75) is 19.4 Å². The highest BCUT2D eigenvalue weighted by Gasteiger charge is 2.11. The highest BCUT2D eigenvalue weighted by Crippen LogP contribution is 2.21. The van der Waals surface area contributed by atoms with Gasteiger partial charge in [0.05, 0.1) is 6.10 Å². The molecule has 0 aliphatic rings. The molecule has 2 nitrogen and oxygen atoms in total. The van der Waals surface area contributed by atoms with Crippen molar-refractivity contribution < 1.29 is 13.9 Å². The lowest BCUT2D eigenvalue weighted by Gasteiger charge is -2.21. The molecule has 4 heteroatoms. The lowest BCUT2D eigenvalue weighted by Crippen LogP contribution is -2.20. The van der Waals surface area contributed by atoms with Gasteiger partial charge in [0.2, 0.25) is 0 Å². The van der Waals surface area contributed by atoms with Gasteiger partial charge in [0.25, 0.3) is 0 Å². The van der Waals surface area contributed by atoms with E-state index in [4.69, 9.17) is 0 Å². The van der Waals surface area contributed by atoms with Crippen LogP contribution in [-0.4, -0.2) is 18.7 Å². The van der Waals surface area contributed by atoms with Gasteiger partial charge in [-0.15, -0.1) is 0 Å². The highest BCUT2D eigenvalue weighted by atomic mass is 19.1. The maximum Gasteiger partial charge on any atom is 0.126 e. The van der Waals surface area contributed by atoms with Gasteiger partial charge in [0.1, 0.15) is 11.6 Å². The monoisotopic (exact) mass is 291 g/mol. The molecule has 0 aliphatic heterocycles. The molecule has 0 amide bonds. The maximum atomic E-state index is 13.5. The van der Waals surface area contributed by atoms with Gasteiger partial charge in [-0.25, -0.2) is 8.78 Å². The predicted octanol–water partition coefficient (Wildman–Crippen LogP) is 3.83. The molecule has 0 radical (unpaired) electrons. The van der Waals surface area contributed by atoms with Gasteiger partial charge in [-0.2, -0.15) is 0 Å². The van der Waals surface area contributed by atoms with Crippen molar-refractivity contribution in [1.29, 1.82) is 0 Å². The number of hydrogen-bond donors (Lipinski definition) is 1. The summed E-state index contributed by atoms with van der Waals surface area (Å²) in [5, 5.41) is 10.1. The quantitative estimate of drug-likeness (QED) is 0.905. The molecule has 112 valence electrons. The third-order valence-corrected chi connectivity index (χ3v) is 3.57. The van der Waals surface area contributed by atoms with E-state index in [0.29, 0.717) is 24.1 Å². The van der Waals surface area contributed by atoms with Gasteiger partial charge >= 0.3 is 0 Å². The number of aliphatic hydroxyl groups is 1.